The molecule has 16 heavy (non-hydrogen) atoms. The van der Waals surface area contributed by atoms with Crippen molar-refractivity contribution in [3.8, 4) is 0 Å². The van der Waals surface area contributed by atoms with Gasteiger partial charge in [-0.15, -0.1) is 0 Å². The standard InChI is InChI=1S/C12H22N2O2/c1-3-11(2,6-13)10(15)14-7-12(16,8-14)9-4-5-9/h9,16H,3-8,13H2,1-2H3. The van der Waals surface area contributed by atoms with Crippen molar-refractivity contribution in [3.05, 3.63) is 0 Å². The molecule has 4 nitrogen and oxygen atoms in total. The van der Waals surface area contributed by atoms with E-state index in [1.54, 1.807) is 4.90 Å². The lowest BCUT2D eigenvalue weighted by atomic mass is 9.81. The lowest BCUT2D eigenvalue weighted by Crippen LogP contribution is -2.67. The first-order valence-corrected chi connectivity index (χ1v) is 6.17. The summed E-state index contributed by atoms with van der Waals surface area (Å²) in [6.07, 6.45) is 2.97. The highest BCUT2D eigenvalue weighted by atomic mass is 16.3. The van der Waals surface area contributed by atoms with Gasteiger partial charge in [0.05, 0.1) is 18.5 Å². The van der Waals surface area contributed by atoms with Gasteiger partial charge in [-0.2, -0.15) is 0 Å². The highest BCUT2D eigenvalue weighted by Gasteiger charge is 2.54. The Balaban J connectivity index is 1.93. The Bertz CT molecular complexity index is 289. The molecule has 1 aliphatic carbocycles. The predicted molar refractivity (Wildman–Crippen MR) is 61.7 cm³/mol. The monoisotopic (exact) mass is 226 g/mol. The fraction of sp³-hybridized carbons (Fsp3) is 0.917. The third-order valence-electron chi connectivity index (χ3n) is 4.30. The van der Waals surface area contributed by atoms with E-state index in [0.29, 0.717) is 25.6 Å². The Labute approximate surface area is 96.8 Å². The molecule has 4 heteroatoms. The summed E-state index contributed by atoms with van der Waals surface area (Å²) in [6, 6.07) is 0. The lowest BCUT2D eigenvalue weighted by molar-refractivity contribution is -0.168. The number of carbonyl (C=O) groups excluding carboxylic acids is 1. The number of aliphatic hydroxyl groups is 1. The molecule has 1 atom stereocenters. The molecule has 1 heterocycles. The van der Waals surface area contributed by atoms with Crippen LogP contribution >= 0.6 is 0 Å². The van der Waals surface area contributed by atoms with Gasteiger partial charge in [0.2, 0.25) is 5.91 Å². The van der Waals surface area contributed by atoms with Crippen molar-refractivity contribution in [2.45, 2.75) is 38.7 Å². The van der Waals surface area contributed by atoms with E-state index < -0.39 is 11.0 Å². The van der Waals surface area contributed by atoms with Crippen LogP contribution in [0.25, 0.3) is 0 Å². The maximum absolute atomic E-state index is 12.2. The van der Waals surface area contributed by atoms with Gasteiger partial charge in [0.1, 0.15) is 5.60 Å². The van der Waals surface area contributed by atoms with Crippen molar-refractivity contribution in [2.75, 3.05) is 19.6 Å². The molecule has 3 N–H and O–H groups in total. The molecule has 0 aromatic rings. The fourth-order valence-electron chi connectivity index (χ4n) is 2.40. The molecular weight excluding hydrogens is 204 g/mol. The highest BCUT2D eigenvalue weighted by Crippen LogP contribution is 2.45. The molecule has 1 amide bonds. The van der Waals surface area contributed by atoms with Crippen LogP contribution in [0.3, 0.4) is 0 Å². The van der Waals surface area contributed by atoms with Crippen molar-refractivity contribution in [3.63, 3.8) is 0 Å². The smallest absolute Gasteiger partial charge is 0.229 e. The average Bonchev–Trinajstić information content (AvgIpc) is 3.06. The summed E-state index contributed by atoms with van der Waals surface area (Å²) < 4.78 is 0. The van der Waals surface area contributed by atoms with Crippen LogP contribution < -0.4 is 5.73 Å². The topological polar surface area (TPSA) is 66.6 Å². The maximum Gasteiger partial charge on any atom is 0.229 e. The molecule has 2 rings (SSSR count). The van der Waals surface area contributed by atoms with Crippen LogP contribution in [0.2, 0.25) is 0 Å². The van der Waals surface area contributed by atoms with Gasteiger partial charge in [0.25, 0.3) is 0 Å². The molecular formula is C12H22N2O2. The van der Waals surface area contributed by atoms with Crippen molar-refractivity contribution in [1.29, 1.82) is 0 Å². The summed E-state index contributed by atoms with van der Waals surface area (Å²) >= 11 is 0. The number of amides is 1. The zero-order chi connectivity index (χ0) is 12.0. The number of nitrogens with two attached hydrogens (primary N) is 1. The van der Waals surface area contributed by atoms with E-state index in [1.165, 1.54) is 0 Å². The van der Waals surface area contributed by atoms with Crippen LogP contribution in [0, 0.1) is 11.3 Å². The molecule has 1 saturated carbocycles. The third-order valence-corrected chi connectivity index (χ3v) is 4.30. The van der Waals surface area contributed by atoms with Crippen molar-refractivity contribution in [1.82, 2.24) is 4.90 Å². The Morgan fingerprint density at radius 3 is 2.50 bits per heavy atom. The van der Waals surface area contributed by atoms with Gasteiger partial charge in [-0.05, 0) is 32.1 Å². The zero-order valence-electron chi connectivity index (χ0n) is 10.2. The number of nitrogens with zero attached hydrogens (tertiary/aromatic N) is 1. The summed E-state index contributed by atoms with van der Waals surface area (Å²) in [4.78, 5) is 13.9. The van der Waals surface area contributed by atoms with Crippen LogP contribution in [0.15, 0.2) is 0 Å². The van der Waals surface area contributed by atoms with Crippen LogP contribution in [0.5, 0.6) is 0 Å². The molecule has 0 aromatic carbocycles. The molecule has 1 aliphatic heterocycles. The first kappa shape index (κ1) is 11.9. The normalized spacial score (nSPS) is 27.1. The molecule has 1 saturated heterocycles. The van der Waals surface area contributed by atoms with E-state index in [1.807, 2.05) is 13.8 Å². The number of rotatable bonds is 4. The van der Waals surface area contributed by atoms with Crippen LogP contribution in [-0.2, 0) is 4.79 Å². The summed E-state index contributed by atoms with van der Waals surface area (Å²) in [5, 5.41) is 10.2. The van der Waals surface area contributed by atoms with Gasteiger partial charge in [-0.3, -0.25) is 4.79 Å². The Kier molecular flexibility index (Phi) is 2.75. The van der Waals surface area contributed by atoms with Gasteiger partial charge in [0.15, 0.2) is 0 Å². The van der Waals surface area contributed by atoms with E-state index in [0.717, 1.165) is 19.3 Å². The second kappa shape index (κ2) is 3.70. The number of hydrogen-bond acceptors (Lipinski definition) is 3. The van der Waals surface area contributed by atoms with E-state index in [4.69, 9.17) is 5.73 Å². The SMILES string of the molecule is CCC(C)(CN)C(=O)N1CC(O)(C2CC2)C1. The second-order valence-corrected chi connectivity index (χ2v) is 5.66. The minimum atomic E-state index is -0.584. The van der Waals surface area contributed by atoms with E-state index >= 15 is 0 Å². The molecule has 2 aliphatic rings. The van der Waals surface area contributed by atoms with Crippen LogP contribution in [-0.4, -0.2) is 41.1 Å². The molecule has 2 fully saturated rings. The molecule has 0 radical (unpaired) electrons. The number of likely N-dealkylation sites (tertiary alicyclic amines) is 1. The van der Waals surface area contributed by atoms with Gasteiger partial charge >= 0.3 is 0 Å². The molecule has 1 unspecified atom stereocenters. The van der Waals surface area contributed by atoms with E-state index in [2.05, 4.69) is 0 Å². The quantitative estimate of drug-likeness (QED) is 0.726. The second-order valence-electron chi connectivity index (χ2n) is 5.66. The Morgan fingerprint density at radius 1 is 1.56 bits per heavy atom. The first-order valence-electron chi connectivity index (χ1n) is 6.17. The summed E-state index contributed by atoms with van der Waals surface area (Å²) in [7, 11) is 0. The van der Waals surface area contributed by atoms with Gasteiger partial charge in [-0.25, -0.2) is 0 Å². The summed E-state index contributed by atoms with van der Waals surface area (Å²) in [5.74, 6) is 0.533. The number of carbonyl (C=O) groups is 1. The number of hydrogen-bond donors (Lipinski definition) is 2. The van der Waals surface area contributed by atoms with Crippen LogP contribution in [0.4, 0.5) is 0 Å². The minimum Gasteiger partial charge on any atom is -0.386 e. The Morgan fingerprint density at radius 2 is 2.12 bits per heavy atom. The van der Waals surface area contributed by atoms with Gasteiger partial charge in [-0.1, -0.05) is 6.92 Å². The fourth-order valence-corrected chi connectivity index (χ4v) is 2.40. The van der Waals surface area contributed by atoms with Crippen molar-refractivity contribution in [2.24, 2.45) is 17.1 Å². The first-order chi connectivity index (χ1) is 7.45. The Hall–Kier alpha value is -0.610. The van der Waals surface area contributed by atoms with Gasteiger partial charge < -0.3 is 15.7 Å². The third kappa shape index (κ3) is 1.74. The summed E-state index contributed by atoms with van der Waals surface area (Å²) in [5.41, 5.74) is 4.63. The largest absolute Gasteiger partial charge is 0.386 e. The van der Waals surface area contributed by atoms with Gasteiger partial charge in [0, 0.05) is 6.54 Å². The maximum atomic E-state index is 12.2. The van der Waals surface area contributed by atoms with Crippen molar-refractivity contribution >= 4 is 5.91 Å². The summed E-state index contributed by atoms with van der Waals surface area (Å²) in [6.45, 7) is 5.28. The molecule has 0 spiro atoms. The molecule has 92 valence electrons. The average molecular weight is 226 g/mol. The highest BCUT2D eigenvalue weighted by molar-refractivity contribution is 5.83. The molecule has 0 bridgehead atoms. The van der Waals surface area contributed by atoms with E-state index in [-0.39, 0.29) is 5.91 Å². The molecule has 0 aromatic heterocycles. The van der Waals surface area contributed by atoms with Crippen LogP contribution in [0.1, 0.15) is 33.1 Å². The minimum absolute atomic E-state index is 0.0998. The van der Waals surface area contributed by atoms with Crippen molar-refractivity contribution < 1.29 is 9.90 Å². The van der Waals surface area contributed by atoms with E-state index in [9.17, 15) is 9.90 Å². The lowest BCUT2D eigenvalue weighted by Gasteiger charge is -2.49. The predicted octanol–water partition coefficient (Wildman–Crippen LogP) is 0.345. The number of β-amino-alcohol motifs (C(OH)–C–C–N with tert-alkyl or cyclic N) is 1. The zero-order valence-corrected chi connectivity index (χ0v) is 10.2.